The lowest BCUT2D eigenvalue weighted by Gasteiger charge is -2.36. The molecule has 5 aromatic rings. The van der Waals surface area contributed by atoms with Gasteiger partial charge in [-0.1, -0.05) is 91.0 Å². The second-order valence-electron chi connectivity index (χ2n) is 7.40. The van der Waals surface area contributed by atoms with E-state index in [4.69, 9.17) is 5.10 Å². The second-order valence-corrected chi connectivity index (χ2v) is 8.42. The zero-order valence-electron chi connectivity index (χ0n) is 16.9. The van der Waals surface area contributed by atoms with Crippen LogP contribution < -0.4 is 0 Å². The largest absolute Gasteiger partial charge is 0.477 e. The number of aromatic nitrogens is 3. The number of aromatic carboxylic acids is 1. The smallest absolute Gasteiger partial charge is 0.354 e. The van der Waals surface area contributed by atoms with Crippen molar-refractivity contribution in [3.63, 3.8) is 0 Å². The Morgan fingerprint density at radius 2 is 1.28 bits per heavy atom. The van der Waals surface area contributed by atoms with Gasteiger partial charge in [0.1, 0.15) is 14.9 Å². The van der Waals surface area contributed by atoms with Crippen LogP contribution in [0, 0.1) is 3.70 Å². The van der Waals surface area contributed by atoms with Gasteiger partial charge in [0.25, 0.3) is 0 Å². The lowest BCUT2D eigenvalue weighted by Crippen LogP contribution is -2.38. The van der Waals surface area contributed by atoms with E-state index in [-0.39, 0.29) is 5.69 Å². The van der Waals surface area contributed by atoms with Crippen molar-refractivity contribution in [2.75, 3.05) is 0 Å². The molecule has 5 rings (SSSR count). The quantitative estimate of drug-likeness (QED) is 0.238. The van der Waals surface area contributed by atoms with Crippen molar-refractivity contribution in [1.29, 1.82) is 0 Å². The summed E-state index contributed by atoms with van der Waals surface area (Å²) in [5.41, 5.74) is 3.11. The van der Waals surface area contributed by atoms with Gasteiger partial charge in [-0.2, -0.15) is 5.10 Å². The summed E-state index contributed by atoms with van der Waals surface area (Å²) in [5.74, 6) is -1.06. The van der Waals surface area contributed by atoms with Crippen molar-refractivity contribution in [3.8, 4) is 0 Å². The van der Waals surface area contributed by atoms with E-state index < -0.39 is 11.5 Å². The van der Waals surface area contributed by atoms with Gasteiger partial charge in [-0.05, 0) is 45.3 Å². The van der Waals surface area contributed by atoms with Crippen LogP contribution >= 0.6 is 22.6 Å². The van der Waals surface area contributed by atoms with Crippen molar-refractivity contribution in [1.82, 2.24) is 14.8 Å². The summed E-state index contributed by atoms with van der Waals surface area (Å²) in [5, 5.41) is 15.2. The molecule has 0 atom stereocenters. The lowest BCUT2D eigenvalue weighted by atomic mass is 9.77. The minimum atomic E-state index is -1.06. The molecule has 2 aromatic heterocycles. The highest BCUT2D eigenvalue weighted by molar-refractivity contribution is 14.1. The number of benzene rings is 3. The minimum Gasteiger partial charge on any atom is -0.477 e. The van der Waals surface area contributed by atoms with E-state index in [0.717, 1.165) is 31.3 Å². The maximum atomic E-state index is 11.5. The van der Waals surface area contributed by atoms with Crippen LogP contribution in [0.5, 0.6) is 0 Å². The van der Waals surface area contributed by atoms with Crippen LogP contribution in [0.1, 0.15) is 27.2 Å². The Balaban J connectivity index is 1.95. The minimum absolute atomic E-state index is 0.000278. The summed E-state index contributed by atoms with van der Waals surface area (Å²) in [4.78, 5) is 15.7. The molecule has 0 amide bonds. The monoisotopic (exact) mass is 531 g/mol. The molecule has 156 valence electrons. The van der Waals surface area contributed by atoms with Gasteiger partial charge in [0.05, 0.1) is 11.7 Å². The molecular formula is C26H18IN3O2. The van der Waals surface area contributed by atoms with Crippen LogP contribution in [0.3, 0.4) is 0 Å². The molecule has 5 nitrogen and oxygen atoms in total. The standard InChI is InChI=1S/C26H18IN3O2/c27-24-21-16-22(25(31)32)28-17-23(21)30(29-24)26(18-10-4-1-5-11-18,19-12-6-2-7-13-19)20-14-8-3-9-15-20/h1-17H,(H,31,32). The molecule has 6 heteroatoms. The zero-order valence-corrected chi connectivity index (χ0v) is 19.0. The van der Waals surface area contributed by atoms with E-state index in [1.54, 1.807) is 12.3 Å². The number of pyridine rings is 1. The van der Waals surface area contributed by atoms with Crippen molar-refractivity contribution in [3.05, 3.63) is 129 Å². The summed E-state index contributed by atoms with van der Waals surface area (Å²) in [6.45, 7) is 0. The highest BCUT2D eigenvalue weighted by atomic mass is 127. The summed E-state index contributed by atoms with van der Waals surface area (Å²) in [6.07, 6.45) is 1.61. The molecule has 3 aromatic carbocycles. The van der Waals surface area contributed by atoms with E-state index in [1.807, 2.05) is 59.3 Å². The van der Waals surface area contributed by atoms with Crippen molar-refractivity contribution in [2.24, 2.45) is 0 Å². The van der Waals surface area contributed by atoms with Crippen molar-refractivity contribution >= 4 is 39.5 Å². The molecule has 0 unspecified atom stereocenters. The number of carbonyl (C=O) groups is 1. The van der Waals surface area contributed by atoms with E-state index in [0.29, 0.717) is 0 Å². The molecule has 0 spiro atoms. The second kappa shape index (κ2) is 8.20. The van der Waals surface area contributed by atoms with Crippen LogP contribution in [-0.2, 0) is 5.54 Å². The number of halogens is 1. The summed E-state index contributed by atoms with van der Waals surface area (Å²) in [7, 11) is 0. The highest BCUT2D eigenvalue weighted by Crippen LogP contribution is 2.42. The third-order valence-electron chi connectivity index (χ3n) is 5.63. The maximum absolute atomic E-state index is 11.5. The Kier molecular flexibility index (Phi) is 5.22. The molecule has 0 aliphatic carbocycles. The normalized spacial score (nSPS) is 11.5. The Labute approximate surface area is 198 Å². The number of fused-ring (bicyclic) bond motifs is 1. The van der Waals surface area contributed by atoms with Crippen LogP contribution in [0.15, 0.2) is 103 Å². The maximum Gasteiger partial charge on any atom is 0.354 e. The Morgan fingerprint density at radius 1 is 0.812 bits per heavy atom. The fraction of sp³-hybridized carbons (Fsp3) is 0.0385. The number of carboxylic acid groups (broad SMARTS) is 1. The first-order valence-electron chi connectivity index (χ1n) is 10.1. The Bertz CT molecular complexity index is 1300. The molecular weight excluding hydrogens is 513 g/mol. The predicted molar refractivity (Wildman–Crippen MR) is 132 cm³/mol. The van der Waals surface area contributed by atoms with Gasteiger partial charge in [-0.15, -0.1) is 0 Å². The fourth-order valence-corrected chi connectivity index (χ4v) is 4.90. The van der Waals surface area contributed by atoms with Crippen molar-refractivity contribution in [2.45, 2.75) is 5.54 Å². The average molecular weight is 531 g/mol. The molecule has 32 heavy (non-hydrogen) atoms. The van der Waals surface area contributed by atoms with Gasteiger partial charge in [-0.3, -0.25) is 0 Å². The molecule has 0 saturated carbocycles. The van der Waals surface area contributed by atoms with Crippen LogP contribution in [0.2, 0.25) is 0 Å². The Morgan fingerprint density at radius 3 is 1.72 bits per heavy atom. The highest BCUT2D eigenvalue weighted by Gasteiger charge is 2.40. The molecule has 0 aliphatic rings. The fourth-order valence-electron chi connectivity index (χ4n) is 4.26. The van der Waals surface area contributed by atoms with E-state index in [1.165, 1.54) is 0 Å². The SMILES string of the molecule is O=C(O)c1cc2c(I)nn(C(c3ccccc3)(c3ccccc3)c3ccccc3)c2cn1. The third kappa shape index (κ3) is 3.18. The first-order chi connectivity index (χ1) is 15.6. The number of nitrogens with zero attached hydrogens (tertiary/aromatic N) is 3. The predicted octanol–water partition coefficient (Wildman–Crippen LogP) is 5.57. The topological polar surface area (TPSA) is 68.0 Å². The van der Waals surface area contributed by atoms with Gasteiger partial charge in [0.15, 0.2) is 0 Å². The number of hydrogen-bond donors (Lipinski definition) is 1. The molecule has 0 fully saturated rings. The lowest BCUT2D eigenvalue weighted by molar-refractivity contribution is 0.0690. The van der Waals surface area contributed by atoms with Gasteiger partial charge in [-0.25, -0.2) is 14.5 Å². The molecule has 0 aliphatic heterocycles. The zero-order chi connectivity index (χ0) is 22.1. The van der Waals surface area contributed by atoms with Crippen molar-refractivity contribution < 1.29 is 9.90 Å². The molecule has 2 heterocycles. The molecule has 0 saturated heterocycles. The molecule has 0 bridgehead atoms. The van der Waals surface area contributed by atoms with Crippen LogP contribution in [-0.4, -0.2) is 25.8 Å². The van der Waals surface area contributed by atoms with Gasteiger partial charge >= 0.3 is 5.97 Å². The molecule has 0 radical (unpaired) electrons. The van der Waals surface area contributed by atoms with Gasteiger partial charge in [0, 0.05) is 5.39 Å². The number of hydrogen-bond acceptors (Lipinski definition) is 3. The molecule has 1 N–H and O–H groups in total. The van der Waals surface area contributed by atoms with Crippen LogP contribution in [0.25, 0.3) is 10.9 Å². The summed E-state index contributed by atoms with van der Waals surface area (Å²) in [6, 6.07) is 32.3. The van der Waals surface area contributed by atoms with E-state index >= 15 is 0 Å². The number of carboxylic acids is 1. The first-order valence-corrected chi connectivity index (χ1v) is 11.1. The van der Waals surface area contributed by atoms with E-state index in [9.17, 15) is 9.90 Å². The Hall–Kier alpha value is -3.52. The van der Waals surface area contributed by atoms with Gasteiger partial charge in [0.2, 0.25) is 0 Å². The average Bonchev–Trinajstić information content (AvgIpc) is 3.18. The van der Waals surface area contributed by atoms with Crippen LogP contribution in [0.4, 0.5) is 0 Å². The number of rotatable bonds is 5. The third-order valence-corrected chi connectivity index (χ3v) is 6.43. The summed E-state index contributed by atoms with van der Waals surface area (Å²) < 4.78 is 2.69. The first kappa shape index (κ1) is 20.4. The van der Waals surface area contributed by atoms with E-state index in [2.05, 4.69) is 64.0 Å². The van der Waals surface area contributed by atoms with Gasteiger partial charge < -0.3 is 5.11 Å². The summed E-state index contributed by atoms with van der Waals surface area (Å²) >= 11 is 2.16.